The fourth-order valence-electron chi connectivity index (χ4n) is 3.98. The van der Waals surface area contributed by atoms with Crippen molar-refractivity contribution in [1.29, 1.82) is 0 Å². The number of benzene rings is 2. The van der Waals surface area contributed by atoms with Crippen molar-refractivity contribution >= 4 is 46.5 Å². The van der Waals surface area contributed by atoms with Crippen molar-refractivity contribution < 1.29 is 24.3 Å². The number of nitrogens with zero attached hydrogens (tertiary/aromatic N) is 2. The van der Waals surface area contributed by atoms with Gasteiger partial charge >= 0.3 is 5.97 Å². The van der Waals surface area contributed by atoms with Crippen LogP contribution >= 0.6 is 11.8 Å². The molecular weight excluding hydrogens is 466 g/mol. The molecule has 0 aliphatic carbocycles. The minimum Gasteiger partial charge on any atom is -0.478 e. The molecule has 2 aromatic carbocycles. The first kappa shape index (κ1) is 24.0. The molecular formula is C26H23N3O5S. The van der Waals surface area contributed by atoms with Gasteiger partial charge in [-0.1, -0.05) is 30.3 Å². The van der Waals surface area contributed by atoms with E-state index >= 15 is 0 Å². The van der Waals surface area contributed by atoms with Crippen LogP contribution in [0.1, 0.15) is 32.9 Å². The SMILES string of the molecule is Cc1ccccc1NC(=O)CN1C(=O)S/C(=C\c2cc(C)n(-c3ccccc3C(=O)O)c2C)C1=O. The highest BCUT2D eigenvalue weighted by molar-refractivity contribution is 8.18. The molecule has 3 amide bonds. The van der Waals surface area contributed by atoms with E-state index in [-0.39, 0.29) is 17.0 Å². The van der Waals surface area contributed by atoms with Crippen molar-refractivity contribution in [3.8, 4) is 5.69 Å². The summed E-state index contributed by atoms with van der Waals surface area (Å²) in [6.07, 6.45) is 1.60. The quantitative estimate of drug-likeness (QED) is 0.483. The summed E-state index contributed by atoms with van der Waals surface area (Å²) < 4.78 is 1.80. The number of anilines is 1. The van der Waals surface area contributed by atoms with Gasteiger partial charge in [-0.15, -0.1) is 0 Å². The van der Waals surface area contributed by atoms with Crippen molar-refractivity contribution in [3.63, 3.8) is 0 Å². The van der Waals surface area contributed by atoms with E-state index < -0.39 is 23.0 Å². The zero-order valence-corrected chi connectivity index (χ0v) is 20.2. The highest BCUT2D eigenvalue weighted by atomic mass is 32.2. The Kier molecular flexibility index (Phi) is 6.61. The lowest BCUT2D eigenvalue weighted by molar-refractivity contribution is -0.127. The Morgan fingerprint density at radius 3 is 2.43 bits per heavy atom. The highest BCUT2D eigenvalue weighted by Gasteiger charge is 2.36. The van der Waals surface area contributed by atoms with Gasteiger partial charge in [0, 0.05) is 17.1 Å². The summed E-state index contributed by atoms with van der Waals surface area (Å²) in [7, 11) is 0. The Labute approximate surface area is 206 Å². The zero-order chi connectivity index (χ0) is 25.3. The van der Waals surface area contributed by atoms with E-state index in [1.54, 1.807) is 41.0 Å². The third-order valence-electron chi connectivity index (χ3n) is 5.73. The molecule has 0 unspecified atom stereocenters. The van der Waals surface area contributed by atoms with Crippen LogP contribution in [0.2, 0.25) is 0 Å². The molecule has 1 aliphatic heterocycles. The first-order valence-corrected chi connectivity index (χ1v) is 11.6. The normalized spacial score (nSPS) is 14.6. The van der Waals surface area contributed by atoms with Crippen LogP contribution in [0.15, 0.2) is 59.5 Å². The predicted molar refractivity (Wildman–Crippen MR) is 135 cm³/mol. The second kappa shape index (κ2) is 9.63. The van der Waals surface area contributed by atoms with Gasteiger partial charge in [0.15, 0.2) is 0 Å². The number of aromatic carboxylic acids is 1. The van der Waals surface area contributed by atoms with Gasteiger partial charge in [-0.2, -0.15) is 0 Å². The highest BCUT2D eigenvalue weighted by Crippen LogP contribution is 2.34. The molecule has 4 rings (SSSR count). The van der Waals surface area contributed by atoms with Crippen molar-refractivity contribution in [3.05, 3.63) is 87.6 Å². The summed E-state index contributed by atoms with van der Waals surface area (Å²) in [6.45, 7) is 5.12. The second-order valence-electron chi connectivity index (χ2n) is 8.12. The zero-order valence-electron chi connectivity index (χ0n) is 19.4. The molecule has 8 nitrogen and oxygen atoms in total. The molecule has 0 saturated carbocycles. The molecule has 1 fully saturated rings. The van der Waals surface area contributed by atoms with Crippen molar-refractivity contribution in [2.45, 2.75) is 20.8 Å². The van der Waals surface area contributed by atoms with Gasteiger partial charge in [0.2, 0.25) is 5.91 Å². The molecule has 178 valence electrons. The van der Waals surface area contributed by atoms with Crippen LogP contribution in [0, 0.1) is 20.8 Å². The molecule has 0 atom stereocenters. The number of para-hydroxylation sites is 2. The smallest absolute Gasteiger partial charge is 0.337 e. The van der Waals surface area contributed by atoms with Gasteiger partial charge in [-0.05, 0) is 74.0 Å². The molecule has 1 aromatic heterocycles. The molecule has 3 aromatic rings. The number of amides is 3. The summed E-state index contributed by atoms with van der Waals surface area (Å²) in [5, 5.41) is 11.8. The molecule has 1 saturated heterocycles. The molecule has 0 radical (unpaired) electrons. The van der Waals surface area contributed by atoms with Gasteiger partial charge in [0.25, 0.3) is 11.1 Å². The number of carboxylic acid groups (broad SMARTS) is 1. The molecule has 1 aliphatic rings. The average molecular weight is 490 g/mol. The Bertz CT molecular complexity index is 1410. The minimum atomic E-state index is -1.04. The topological polar surface area (TPSA) is 109 Å². The number of thioether (sulfide) groups is 1. The average Bonchev–Trinajstić information content (AvgIpc) is 3.24. The van der Waals surface area contributed by atoms with E-state index in [0.717, 1.165) is 33.6 Å². The third-order valence-corrected chi connectivity index (χ3v) is 6.63. The lowest BCUT2D eigenvalue weighted by Crippen LogP contribution is -2.36. The number of rotatable bonds is 6. The standard InChI is InChI=1S/C26H23N3O5S/c1-15-8-4-6-10-20(15)27-23(30)14-28-24(31)22(35-26(28)34)13-18-12-16(2)29(17(18)3)21-11-7-5-9-19(21)25(32)33/h4-13H,14H2,1-3H3,(H,27,30)(H,32,33)/b22-13-. The number of imide groups is 1. The summed E-state index contributed by atoms with van der Waals surface area (Å²) in [5.41, 5.74) is 4.33. The number of aryl methyl sites for hydroxylation is 2. The van der Waals surface area contributed by atoms with Crippen molar-refractivity contribution in [2.75, 3.05) is 11.9 Å². The Morgan fingerprint density at radius 1 is 1.03 bits per heavy atom. The van der Waals surface area contributed by atoms with Crippen LogP contribution in [0.5, 0.6) is 0 Å². The van der Waals surface area contributed by atoms with Crippen LogP contribution in [0.3, 0.4) is 0 Å². The Morgan fingerprint density at radius 2 is 1.71 bits per heavy atom. The van der Waals surface area contributed by atoms with E-state index in [2.05, 4.69) is 5.32 Å². The van der Waals surface area contributed by atoms with Gasteiger partial charge in [0.1, 0.15) is 6.54 Å². The van der Waals surface area contributed by atoms with Gasteiger partial charge in [-0.25, -0.2) is 4.79 Å². The minimum absolute atomic E-state index is 0.154. The number of carboxylic acids is 1. The molecule has 2 N–H and O–H groups in total. The Hall–Kier alpha value is -4.11. The fourth-order valence-corrected chi connectivity index (χ4v) is 4.81. The maximum Gasteiger partial charge on any atom is 0.337 e. The molecule has 9 heteroatoms. The Balaban J connectivity index is 1.58. The van der Waals surface area contributed by atoms with Crippen molar-refractivity contribution in [2.24, 2.45) is 0 Å². The number of nitrogens with one attached hydrogen (secondary N) is 1. The first-order chi connectivity index (χ1) is 16.7. The van der Waals surface area contributed by atoms with Gasteiger partial charge < -0.3 is 15.0 Å². The lowest BCUT2D eigenvalue weighted by atomic mass is 10.1. The number of hydrogen-bond acceptors (Lipinski definition) is 5. The summed E-state index contributed by atoms with van der Waals surface area (Å²) in [4.78, 5) is 50.8. The second-order valence-corrected chi connectivity index (χ2v) is 9.11. The maximum absolute atomic E-state index is 12.9. The fraction of sp³-hybridized carbons (Fsp3) is 0.154. The summed E-state index contributed by atoms with van der Waals surface area (Å²) in [5.74, 6) is -2.05. The molecule has 2 heterocycles. The molecule has 0 spiro atoms. The summed E-state index contributed by atoms with van der Waals surface area (Å²) in [6, 6.07) is 15.7. The van der Waals surface area contributed by atoms with Gasteiger partial charge in [0.05, 0.1) is 16.2 Å². The molecule has 0 bridgehead atoms. The van der Waals surface area contributed by atoms with E-state index in [4.69, 9.17) is 0 Å². The largest absolute Gasteiger partial charge is 0.478 e. The lowest BCUT2D eigenvalue weighted by Gasteiger charge is -2.13. The van der Waals surface area contributed by atoms with E-state index in [1.807, 2.05) is 39.0 Å². The van der Waals surface area contributed by atoms with Crippen molar-refractivity contribution in [1.82, 2.24) is 9.47 Å². The van der Waals surface area contributed by atoms with E-state index in [9.17, 15) is 24.3 Å². The van der Waals surface area contributed by atoms with E-state index in [0.29, 0.717) is 16.9 Å². The van der Waals surface area contributed by atoms with E-state index in [1.165, 1.54) is 6.07 Å². The van der Waals surface area contributed by atoms with Gasteiger partial charge in [-0.3, -0.25) is 19.3 Å². The van der Waals surface area contributed by atoms with Crippen LogP contribution in [0.25, 0.3) is 11.8 Å². The van der Waals surface area contributed by atoms with Crippen LogP contribution < -0.4 is 5.32 Å². The van der Waals surface area contributed by atoms with Crippen LogP contribution in [0.4, 0.5) is 10.5 Å². The predicted octanol–water partition coefficient (Wildman–Crippen LogP) is 4.78. The first-order valence-electron chi connectivity index (χ1n) is 10.8. The number of hydrogen-bond donors (Lipinski definition) is 2. The number of carbonyl (C=O) groups excluding carboxylic acids is 3. The summed E-state index contributed by atoms with van der Waals surface area (Å²) >= 11 is 0.771. The number of carbonyl (C=O) groups is 4. The van der Waals surface area contributed by atoms with Crippen LogP contribution in [-0.2, 0) is 9.59 Å². The third kappa shape index (κ3) is 4.76. The molecule has 35 heavy (non-hydrogen) atoms. The maximum atomic E-state index is 12.9. The number of aromatic nitrogens is 1. The van der Waals surface area contributed by atoms with Crippen LogP contribution in [-0.4, -0.2) is 44.1 Å². The monoisotopic (exact) mass is 489 g/mol.